The van der Waals surface area contributed by atoms with Crippen molar-refractivity contribution in [2.75, 3.05) is 6.54 Å². The van der Waals surface area contributed by atoms with Crippen molar-refractivity contribution in [1.82, 2.24) is 25.5 Å². The van der Waals surface area contributed by atoms with E-state index in [0.717, 1.165) is 36.4 Å². The van der Waals surface area contributed by atoms with Gasteiger partial charge in [0.1, 0.15) is 5.82 Å². The first-order valence-electron chi connectivity index (χ1n) is 10.3. The molecule has 1 unspecified atom stereocenters. The molecule has 12 heteroatoms. The summed E-state index contributed by atoms with van der Waals surface area (Å²) in [5.41, 5.74) is -1.58. The van der Waals surface area contributed by atoms with Crippen molar-refractivity contribution in [1.29, 1.82) is 0 Å². The monoisotopic (exact) mass is 489 g/mol. The van der Waals surface area contributed by atoms with Crippen LogP contribution in [0.4, 0.5) is 22.4 Å². The lowest BCUT2D eigenvalue weighted by molar-refractivity contribution is -0.137. The number of nitrogens with one attached hydrogen (secondary N) is 3. The van der Waals surface area contributed by atoms with E-state index in [9.17, 15) is 31.9 Å². The number of aryl methyl sites for hydroxylation is 1. The molecule has 0 aliphatic carbocycles. The summed E-state index contributed by atoms with van der Waals surface area (Å²) in [6.45, 7) is 1.30. The maximum atomic E-state index is 14.0. The average molecular weight is 489 g/mol. The topological polar surface area (TPSA) is 105 Å². The third-order valence-corrected chi connectivity index (χ3v) is 5.84. The zero-order valence-electron chi connectivity index (χ0n) is 18.5. The fourth-order valence-electron chi connectivity index (χ4n) is 3.88. The molecular weight excluding hydrogens is 470 g/mol. The van der Waals surface area contributed by atoms with Crippen molar-refractivity contribution >= 4 is 17.8 Å². The summed E-state index contributed by atoms with van der Waals surface area (Å²) in [5, 5.41) is 7.22. The Morgan fingerprint density at radius 1 is 1.14 bits per heavy atom. The number of benzene rings is 2. The highest BCUT2D eigenvalue weighted by Gasteiger charge is 2.50. The smallest absolute Gasteiger partial charge is 0.349 e. The lowest BCUT2D eigenvalue weighted by Crippen LogP contribution is -2.53. The van der Waals surface area contributed by atoms with E-state index < -0.39 is 40.9 Å². The van der Waals surface area contributed by atoms with E-state index in [1.54, 1.807) is 18.5 Å². The summed E-state index contributed by atoms with van der Waals surface area (Å²) < 4.78 is 54.4. The Hall–Kier alpha value is -4.22. The van der Waals surface area contributed by atoms with Gasteiger partial charge < -0.3 is 15.2 Å². The lowest BCUT2D eigenvalue weighted by atomic mass is 9.93. The van der Waals surface area contributed by atoms with Crippen LogP contribution in [0.25, 0.3) is 11.1 Å². The Balaban J connectivity index is 1.66. The third kappa shape index (κ3) is 4.34. The molecule has 8 nitrogen and oxygen atoms in total. The molecule has 1 aliphatic heterocycles. The number of halogens is 4. The van der Waals surface area contributed by atoms with Crippen molar-refractivity contribution in [3.63, 3.8) is 0 Å². The van der Waals surface area contributed by atoms with Gasteiger partial charge in [0.25, 0.3) is 11.8 Å². The number of carbonyl (C=O) groups is 3. The minimum absolute atomic E-state index is 0.0382. The number of alkyl halides is 3. The predicted octanol–water partition coefficient (Wildman–Crippen LogP) is 3.02. The van der Waals surface area contributed by atoms with Gasteiger partial charge in [-0.15, -0.1) is 0 Å². The third-order valence-electron chi connectivity index (χ3n) is 5.84. The molecule has 4 rings (SSSR count). The second-order valence-corrected chi connectivity index (χ2v) is 8.05. The van der Waals surface area contributed by atoms with E-state index in [2.05, 4.69) is 20.9 Å². The number of imidazole rings is 1. The minimum atomic E-state index is -4.55. The van der Waals surface area contributed by atoms with Crippen LogP contribution >= 0.6 is 0 Å². The summed E-state index contributed by atoms with van der Waals surface area (Å²) in [7, 11) is 1.70. The molecule has 4 amide bonds. The van der Waals surface area contributed by atoms with E-state index >= 15 is 0 Å². The van der Waals surface area contributed by atoms with Gasteiger partial charge in [0.15, 0.2) is 5.54 Å². The van der Waals surface area contributed by atoms with E-state index in [0.29, 0.717) is 5.69 Å². The van der Waals surface area contributed by atoms with Crippen molar-refractivity contribution in [3.05, 3.63) is 77.1 Å². The van der Waals surface area contributed by atoms with Crippen LogP contribution in [-0.4, -0.2) is 33.9 Å². The maximum Gasteiger partial charge on any atom is 0.416 e. The summed E-state index contributed by atoms with van der Waals surface area (Å²) >= 11 is 0. The van der Waals surface area contributed by atoms with Crippen LogP contribution in [0.3, 0.4) is 0 Å². The normalized spacial score (nSPS) is 17.8. The number of carbonyl (C=O) groups excluding carboxylic acids is 3. The van der Waals surface area contributed by atoms with Crippen molar-refractivity contribution in [3.8, 4) is 11.1 Å². The number of nitrogens with zero attached hydrogens (tertiary/aromatic N) is 2. The van der Waals surface area contributed by atoms with Crippen LogP contribution in [-0.2, 0) is 23.6 Å². The molecule has 3 aromatic rings. The largest absolute Gasteiger partial charge is 0.416 e. The molecule has 35 heavy (non-hydrogen) atoms. The van der Waals surface area contributed by atoms with E-state index in [-0.39, 0.29) is 28.9 Å². The first-order valence-corrected chi connectivity index (χ1v) is 10.3. The Kier molecular flexibility index (Phi) is 5.83. The standard InChI is InChI=1S/C23H19F4N5O3/c1-12-18(29-11-32(12)2)22(20(34)30-21(35)31-22)10-28-19(33)16-8-7-15(24)9-17(16)13-3-5-14(6-4-13)23(25,26)27/h3-9,11H,10H2,1-2H3,(H,28,33)(H2,30,31,34,35). The Labute approximate surface area is 196 Å². The molecule has 1 fully saturated rings. The molecular formula is C23H19F4N5O3. The van der Waals surface area contributed by atoms with Gasteiger partial charge in [-0.3, -0.25) is 14.9 Å². The average Bonchev–Trinajstić information content (AvgIpc) is 3.29. The van der Waals surface area contributed by atoms with Gasteiger partial charge in [0.05, 0.1) is 24.1 Å². The van der Waals surface area contributed by atoms with Crippen LogP contribution in [0.2, 0.25) is 0 Å². The molecule has 1 aromatic heterocycles. The highest BCUT2D eigenvalue weighted by atomic mass is 19.4. The van der Waals surface area contributed by atoms with Crippen molar-refractivity contribution in [2.24, 2.45) is 7.05 Å². The molecule has 1 saturated heterocycles. The number of rotatable bonds is 5. The van der Waals surface area contributed by atoms with Gasteiger partial charge in [-0.05, 0) is 48.4 Å². The maximum absolute atomic E-state index is 14.0. The summed E-state index contributed by atoms with van der Waals surface area (Å²) in [6.07, 6.45) is -3.10. The van der Waals surface area contributed by atoms with E-state index in [1.165, 1.54) is 12.4 Å². The first-order chi connectivity index (χ1) is 16.4. The molecule has 0 spiro atoms. The molecule has 2 heterocycles. The molecule has 0 bridgehead atoms. The van der Waals surface area contributed by atoms with E-state index in [4.69, 9.17) is 0 Å². The second-order valence-electron chi connectivity index (χ2n) is 8.05. The second kappa shape index (κ2) is 8.53. The zero-order valence-corrected chi connectivity index (χ0v) is 18.5. The van der Waals surface area contributed by atoms with Crippen LogP contribution in [0.5, 0.6) is 0 Å². The van der Waals surface area contributed by atoms with Gasteiger partial charge in [-0.1, -0.05) is 12.1 Å². The van der Waals surface area contributed by atoms with Crippen molar-refractivity contribution in [2.45, 2.75) is 18.6 Å². The van der Waals surface area contributed by atoms with Gasteiger partial charge >= 0.3 is 12.2 Å². The predicted molar refractivity (Wildman–Crippen MR) is 115 cm³/mol. The quantitative estimate of drug-likeness (QED) is 0.379. The van der Waals surface area contributed by atoms with Gasteiger partial charge in [0.2, 0.25) is 0 Å². The van der Waals surface area contributed by atoms with E-state index in [1.807, 2.05) is 0 Å². The summed E-state index contributed by atoms with van der Waals surface area (Å²) in [6, 6.07) is 6.42. The molecule has 0 radical (unpaired) electrons. The van der Waals surface area contributed by atoms with Crippen LogP contribution in [0.15, 0.2) is 48.8 Å². The van der Waals surface area contributed by atoms with Gasteiger partial charge in [-0.2, -0.15) is 13.2 Å². The number of hydrogen-bond acceptors (Lipinski definition) is 4. The number of aromatic nitrogens is 2. The first kappa shape index (κ1) is 23.9. The molecule has 3 N–H and O–H groups in total. The van der Waals surface area contributed by atoms with Gasteiger partial charge in [-0.25, -0.2) is 14.2 Å². The molecule has 182 valence electrons. The fraction of sp³-hybridized carbons (Fsp3) is 0.217. The Morgan fingerprint density at radius 2 is 1.83 bits per heavy atom. The summed E-state index contributed by atoms with van der Waals surface area (Å²) in [4.78, 5) is 42.0. The Bertz CT molecular complexity index is 1330. The molecule has 0 saturated carbocycles. The number of amides is 4. The molecule has 2 aromatic carbocycles. The van der Waals surface area contributed by atoms with Crippen LogP contribution < -0.4 is 16.0 Å². The fourth-order valence-corrected chi connectivity index (χ4v) is 3.88. The number of imide groups is 1. The number of hydrogen-bond donors (Lipinski definition) is 3. The Morgan fingerprint density at radius 3 is 2.37 bits per heavy atom. The minimum Gasteiger partial charge on any atom is -0.349 e. The number of urea groups is 1. The van der Waals surface area contributed by atoms with Crippen molar-refractivity contribution < 1.29 is 31.9 Å². The zero-order chi connectivity index (χ0) is 25.5. The molecule has 1 aliphatic rings. The SMILES string of the molecule is Cc1c(C2(CNC(=O)c3ccc(F)cc3-c3ccc(C(F)(F)F)cc3)NC(=O)NC2=O)ncn1C. The highest BCUT2D eigenvalue weighted by Crippen LogP contribution is 2.32. The van der Waals surface area contributed by atoms with Crippen LogP contribution in [0, 0.1) is 12.7 Å². The highest BCUT2D eigenvalue weighted by molar-refractivity contribution is 6.08. The summed E-state index contributed by atoms with van der Waals surface area (Å²) in [5.74, 6) is -2.15. The molecule has 1 atom stereocenters. The lowest BCUT2D eigenvalue weighted by Gasteiger charge is -2.25. The van der Waals surface area contributed by atoms with Gasteiger partial charge in [0, 0.05) is 18.3 Å². The van der Waals surface area contributed by atoms with Crippen LogP contribution in [0.1, 0.15) is 27.3 Å².